The van der Waals surface area contributed by atoms with E-state index >= 15 is 0 Å². The van der Waals surface area contributed by atoms with E-state index < -0.39 is 11.4 Å². The van der Waals surface area contributed by atoms with Crippen LogP contribution in [0.2, 0.25) is 0 Å². The molecule has 112 valence electrons. The van der Waals surface area contributed by atoms with Crippen molar-refractivity contribution in [2.45, 2.75) is 31.6 Å². The topological polar surface area (TPSA) is 78.4 Å². The fourth-order valence-electron chi connectivity index (χ4n) is 2.23. The van der Waals surface area contributed by atoms with Crippen molar-refractivity contribution in [3.05, 3.63) is 42.0 Å². The molecule has 3 N–H and O–H groups in total. The van der Waals surface area contributed by atoms with Gasteiger partial charge < -0.3 is 15.7 Å². The summed E-state index contributed by atoms with van der Waals surface area (Å²) < 4.78 is 0. The molecule has 0 aliphatic heterocycles. The first-order chi connectivity index (χ1) is 10.1. The fraction of sp³-hybridized carbons (Fsp3) is 0.375. The Labute approximate surface area is 124 Å². The molecule has 0 spiro atoms. The van der Waals surface area contributed by atoms with Crippen molar-refractivity contribution in [2.24, 2.45) is 0 Å². The first-order valence-electron chi connectivity index (χ1n) is 7.08. The van der Waals surface area contributed by atoms with E-state index in [4.69, 9.17) is 0 Å². The number of carbonyl (C=O) groups excluding carboxylic acids is 1. The van der Waals surface area contributed by atoms with Crippen molar-refractivity contribution in [1.82, 2.24) is 5.32 Å². The first-order valence-corrected chi connectivity index (χ1v) is 7.08. The highest BCUT2D eigenvalue weighted by Crippen LogP contribution is 2.48. The fourth-order valence-corrected chi connectivity index (χ4v) is 2.23. The smallest absolute Gasteiger partial charge is 0.319 e. The average molecular weight is 288 g/mol. The van der Waals surface area contributed by atoms with Gasteiger partial charge in [-0.05, 0) is 43.9 Å². The molecular weight excluding hydrogens is 268 g/mol. The summed E-state index contributed by atoms with van der Waals surface area (Å²) in [4.78, 5) is 22.9. The second-order valence-corrected chi connectivity index (χ2v) is 5.20. The van der Waals surface area contributed by atoms with Crippen LogP contribution >= 0.6 is 0 Å². The van der Waals surface area contributed by atoms with E-state index in [-0.39, 0.29) is 6.03 Å². The number of anilines is 1. The molecule has 0 aromatic heterocycles. The van der Waals surface area contributed by atoms with Crippen molar-refractivity contribution in [3.63, 3.8) is 0 Å². The summed E-state index contributed by atoms with van der Waals surface area (Å²) in [6.07, 6.45) is 6.08. The Bertz CT molecular complexity index is 545. The Morgan fingerprint density at radius 3 is 2.48 bits per heavy atom. The number of benzene rings is 1. The van der Waals surface area contributed by atoms with Crippen LogP contribution in [-0.2, 0) is 10.2 Å². The minimum atomic E-state index is -0.773. The molecule has 1 saturated carbocycles. The Morgan fingerprint density at radius 2 is 1.95 bits per heavy atom. The number of carboxylic acids is 1. The summed E-state index contributed by atoms with van der Waals surface area (Å²) >= 11 is 0. The van der Waals surface area contributed by atoms with E-state index in [0.29, 0.717) is 25.1 Å². The van der Waals surface area contributed by atoms with E-state index in [1.165, 1.54) is 0 Å². The van der Waals surface area contributed by atoms with Crippen LogP contribution in [0.5, 0.6) is 0 Å². The molecule has 1 aromatic carbocycles. The van der Waals surface area contributed by atoms with Gasteiger partial charge in [0.05, 0.1) is 5.41 Å². The number of allylic oxidation sites excluding steroid dienone is 1. The highest BCUT2D eigenvalue weighted by atomic mass is 16.4. The third-order valence-corrected chi connectivity index (χ3v) is 3.69. The molecule has 0 saturated heterocycles. The van der Waals surface area contributed by atoms with Crippen LogP contribution in [0, 0.1) is 0 Å². The maximum absolute atomic E-state index is 11.6. The van der Waals surface area contributed by atoms with E-state index in [9.17, 15) is 14.7 Å². The predicted octanol–water partition coefficient (Wildman–Crippen LogP) is 2.89. The quantitative estimate of drug-likeness (QED) is 0.556. The number of aliphatic carboxylic acids is 1. The van der Waals surface area contributed by atoms with Gasteiger partial charge in [0.15, 0.2) is 0 Å². The monoisotopic (exact) mass is 288 g/mol. The standard InChI is InChI=1S/C16H20N2O3/c1-2-3-4-11-17-15(21)18-13-7-5-12(6-8-13)16(9-10-16)14(19)20/h2-3,5-8H,4,9-11H2,1H3,(H,19,20)(H2,17,18,21)/b3-2+. The van der Waals surface area contributed by atoms with Crippen molar-refractivity contribution in [2.75, 3.05) is 11.9 Å². The van der Waals surface area contributed by atoms with Crippen molar-refractivity contribution < 1.29 is 14.7 Å². The molecule has 1 aromatic rings. The Hall–Kier alpha value is -2.30. The molecule has 0 heterocycles. The molecule has 1 fully saturated rings. The lowest BCUT2D eigenvalue weighted by molar-refractivity contribution is -0.140. The molecule has 2 amide bonds. The third-order valence-electron chi connectivity index (χ3n) is 3.69. The molecule has 5 heteroatoms. The lowest BCUT2D eigenvalue weighted by atomic mass is 9.96. The van der Waals surface area contributed by atoms with Crippen LogP contribution in [-0.4, -0.2) is 23.7 Å². The summed E-state index contributed by atoms with van der Waals surface area (Å²) in [6, 6.07) is 6.77. The Morgan fingerprint density at radius 1 is 1.29 bits per heavy atom. The maximum atomic E-state index is 11.6. The van der Waals surface area contributed by atoms with Crippen LogP contribution in [0.25, 0.3) is 0 Å². The highest BCUT2D eigenvalue weighted by molar-refractivity contribution is 5.89. The van der Waals surface area contributed by atoms with Gasteiger partial charge in [-0.3, -0.25) is 4.79 Å². The van der Waals surface area contributed by atoms with E-state index in [1.807, 2.05) is 19.1 Å². The van der Waals surface area contributed by atoms with Crippen molar-refractivity contribution >= 4 is 17.7 Å². The summed E-state index contributed by atoms with van der Waals surface area (Å²) in [5, 5.41) is 14.7. The zero-order valence-electron chi connectivity index (χ0n) is 12.1. The SMILES string of the molecule is C/C=C/CCNC(=O)Nc1ccc(C2(C(=O)O)CC2)cc1. The molecule has 0 unspecified atom stereocenters. The van der Waals surface area contributed by atoms with E-state index in [2.05, 4.69) is 10.6 Å². The van der Waals surface area contributed by atoms with Gasteiger partial charge in [-0.15, -0.1) is 0 Å². The van der Waals surface area contributed by atoms with Gasteiger partial charge in [0.2, 0.25) is 0 Å². The largest absolute Gasteiger partial charge is 0.481 e. The molecule has 0 bridgehead atoms. The van der Waals surface area contributed by atoms with Gasteiger partial charge in [-0.1, -0.05) is 24.3 Å². The number of nitrogens with one attached hydrogen (secondary N) is 2. The van der Waals surface area contributed by atoms with Crippen LogP contribution < -0.4 is 10.6 Å². The van der Waals surface area contributed by atoms with E-state index in [1.54, 1.807) is 24.3 Å². The number of hydrogen-bond acceptors (Lipinski definition) is 2. The van der Waals surface area contributed by atoms with Crippen LogP contribution in [0.3, 0.4) is 0 Å². The summed E-state index contributed by atoms with van der Waals surface area (Å²) in [5.41, 5.74) is 0.755. The molecule has 0 radical (unpaired) electrons. The van der Waals surface area contributed by atoms with Gasteiger partial charge in [0.25, 0.3) is 0 Å². The number of hydrogen-bond donors (Lipinski definition) is 3. The second-order valence-electron chi connectivity index (χ2n) is 5.20. The van der Waals surface area contributed by atoms with Gasteiger partial charge in [-0.2, -0.15) is 0 Å². The number of rotatable bonds is 6. The molecule has 1 aliphatic rings. The lowest BCUT2D eigenvalue weighted by Crippen LogP contribution is -2.29. The number of carboxylic acid groups (broad SMARTS) is 1. The van der Waals surface area contributed by atoms with E-state index in [0.717, 1.165) is 12.0 Å². The van der Waals surface area contributed by atoms with Gasteiger partial charge >= 0.3 is 12.0 Å². The van der Waals surface area contributed by atoms with Crippen LogP contribution in [0.1, 0.15) is 31.7 Å². The van der Waals surface area contributed by atoms with Gasteiger partial charge in [0.1, 0.15) is 0 Å². The molecule has 21 heavy (non-hydrogen) atoms. The van der Waals surface area contributed by atoms with Gasteiger partial charge in [-0.25, -0.2) is 4.79 Å². The Balaban J connectivity index is 1.88. The summed E-state index contributed by atoms with van der Waals surface area (Å²) in [7, 11) is 0. The van der Waals surface area contributed by atoms with Crippen LogP contribution in [0.15, 0.2) is 36.4 Å². The number of urea groups is 1. The minimum Gasteiger partial charge on any atom is -0.481 e. The average Bonchev–Trinajstić information content (AvgIpc) is 3.26. The molecule has 5 nitrogen and oxygen atoms in total. The number of amides is 2. The summed E-state index contributed by atoms with van der Waals surface area (Å²) in [5.74, 6) is -0.773. The second kappa shape index (κ2) is 6.43. The van der Waals surface area contributed by atoms with Crippen molar-refractivity contribution in [1.29, 1.82) is 0 Å². The first kappa shape index (κ1) is 15.1. The third kappa shape index (κ3) is 3.62. The summed E-state index contributed by atoms with van der Waals surface area (Å²) in [6.45, 7) is 2.52. The predicted molar refractivity (Wildman–Crippen MR) is 81.4 cm³/mol. The maximum Gasteiger partial charge on any atom is 0.319 e. The Kier molecular flexibility index (Phi) is 4.62. The van der Waals surface area contributed by atoms with Gasteiger partial charge in [0, 0.05) is 12.2 Å². The molecule has 1 aliphatic carbocycles. The zero-order valence-corrected chi connectivity index (χ0v) is 12.1. The zero-order chi connectivity index (χ0) is 15.3. The van der Waals surface area contributed by atoms with Crippen LogP contribution in [0.4, 0.5) is 10.5 Å². The molecule has 2 rings (SSSR count). The normalized spacial score (nSPS) is 15.7. The lowest BCUT2D eigenvalue weighted by Gasteiger charge is -2.11. The molecular formula is C16H20N2O3. The highest BCUT2D eigenvalue weighted by Gasteiger charge is 2.51. The minimum absolute atomic E-state index is 0.258. The van der Waals surface area contributed by atoms with Crippen molar-refractivity contribution in [3.8, 4) is 0 Å². The number of carbonyl (C=O) groups is 2. The molecule has 0 atom stereocenters.